The number of alkyl halides is 1. The highest BCUT2D eigenvalue weighted by atomic mass is 35.5. The summed E-state index contributed by atoms with van der Waals surface area (Å²) >= 11 is 7.17. The minimum absolute atomic E-state index is 0.228. The summed E-state index contributed by atoms with van der Waals surface area (Å²) in [5.41, 5.74) is 0.941. The first-order valence-corrected chi connectivity index (χ1v) is 5.42. The second kappa shape index (κ2) is 3.75. The van der Waals surface area contributed by atoms with Crippen molar-refractivity contribution in [2.24, 2.45) is 0 Å². The van der Waals surface area contributed by atoms with Crippen molar-refractivity contribution in [3.63, 3.8) is 0 Å². The summed E-state index contributed by atoms with van der Waals surface area (Å²) in [5.74, 6) is 0.161. The Kier molecular flexibility index (Phi) is 2.61. The second-order valence-corrected chi connectivity index (χ2v) is 4.13. The van der Waals surface area contributed by atoms with Gasteiger partial charge in [-0.15, -0.1) is 11.6 Å². The Morgan fingerprint density at radius 2 is 2.29 bits per heavy atom. The number of thiophene rings is 1. The molecule has 0 saturated heterocycles. The van der Waals surface area contributed by atoms with E-state index in [0.717, 1.165) is 10.3 Å². The molecule has 0 bridgehead atoms. The molecule has 0 saturated carbocycles. The molecule has 0 spiro atoms. The molecule has 0 aliphatic rings. The number of benzene rings is 1. The van der Waals surface area contributed by atoms with Crippen LogP contribution in [0.15, 0.2) is 18.2 Å². The van der Waals surface area contributed by atoms with Gasteiger partial charge in [0.2, 0.25) is 0 Å². The summed E-state index contributed by atoms with van der Waals surface area (Å²) in [6.07, 6.45) is 0. The first-order chi connectivity index (χ1) is 6.76. The molecule has 4 heteroatoms. The number of halogens is 2. The van der Waals surface area contributed by atoms with E-state index in [1.807, 2.05) is 0 Å². The number of methoxy groups -OCH3 is 1. The molecule has 0 atom stereocenters. The van der Waals surface area contributed by atoms with E-state index in [2.05, 4.69) is 0 Å². The minimum Gasteiger partial charge on any atom is -0.487 e. The zero-order chi connectivity index (χ0) is 10.1. The number of fused-ring (bicyclic) bond motifs is 1. The van der Waals surface area contributed by atoms with Gasteiger partial charge in [-0.3, -0.25) is 0 Å². The first-order valence-electron chi connectivity index (χ1n) is 4.07. The Bertz CT molecular complexity index is 466. The first kappa shape index (κ1) is 9.74. The molecule has 14 heavy (non-hydrogen) atoms. The van der Waals surface area contributed by atoms with E-state index in [1.165, 1.54) is 17.4 Å². The highest BCUT2D eigenvalue weighted by Crippen LogP contribution is 2.35. The van der Waals surface area contributed by atoms with Gasteiger partial charge >= 0.3 is 0 Å². The topological polar surface area (TPSA) is 9.23 Å². The molecule has 1 heterocycles. The molecule has 1 aromatic carbocycles. The molecular weight excluding hydrogens is 223 g/mol. The molecule has 0 N–H and O–H groups in total. The van der Waals surface area contributed by atoms with Gasteiger partial charge in [0.1, 0.15) is 5.82 Å². The third-order valence-electron chi connectivity index (χ3n) is 2.03. The summed E-state index contributed by atoms with van der Waals surface area (Å²) in [4.78, 5) is 0. The van der Waals surface area contributed by atoms with Gasteiger partial charge in [0.05, 0.1) is 7.11 Å². The van der Waals surface area contributed by atoms with Crippen LogP contribution in [-0.2, 0) is 5.88 Å². The van der Waals surface area contributed by atoms with Crippen LogP contribution in [0, 0.1) is 5.82 Å². The molecule has 74 valence electrons. The lowest BCUT2D eigenvalue weighted by Crippen LogP contribution is -1.80. The van der Waals surface area contributed by atoms with E-state index in [4.69, 9.17) is 16.3 Å². The number of ether oxygens (including phenoxy) is 1. The summed E-state index contributed by atoms with van der Waals surface area (Å²) < 4.78 is 19.3. The third-order valence-corrected chi connectivity index (χ3v) is 3.49. The lowest BCUT2D eigenvalue weighted by Gasteiger charge is -1.97. The molecule has 0 fully saturated rings. The van der Waals surface area contributed by atoms with Crippen molar-refractivity contribution in [3.8, 4) is 5.06 Å². The highest BCUT2D eigenvalue weighted by Gasteiger charge is 2.10. The van der Waals surface area contributed by atoms with Gasteiger partial charge < -0.3 is 4.74 Å². The number of rotatable bonds is 2. The van der Waals surface area contributed by atoms with E-state index in [1.54, 1.807) is 19.2 Å². The number of hydrogen-bond donors (Lipinski definition) is 0. The smallest absolute Gasteiger partial charge is 0.174 e. The molecule has 0 aliphatic heterocycles. The maximum atomic E-state index is 13.4. The molecule has 2 rings (SSSR count). The van der Waals surface area contributed by atoms with Crippen LogP contribution in [0.3, 0.4) is 0 Å². The Morgan fingerprint density at radius 3 is 2.93 bits per heavy atom. The Balaban J connectivity index is 2.74. The van der Waals surface area contributed by atoms with Crippen LogP contribution in [-0.4, -0.2) is 7.11 Å². The average molecular weight is 231 g/mol. The lowest BCUT2D eigenvalue weighted by molar-refractivity contribution is 0.427. The Morgan fingerprint density at radius 1 is 1.50 bits per heavy atom. The van der Waals surface area contributed by atoms with Crippen molar-refractivity contribution >= 4 is 33.0 Å². The Labute approximate surface area is 90.1 Å². The summed E-state index contributed by atoms with van der Waals surface area (Å²) in [5, 5.41) is 1.29. The van der Waals surface area contributed by atoms with Crippen molar-refractivity contribution in [3.05, 3.63) is 29.6 Å². The minimum atomic E-state index is -0.228. The Hall–Kier alpha value is -0.800. The molecule has 0 amide bonds. The average Bonchev–Trinajstić information content (AvgIpc) is 2.63. The predicted molar refractivity (Wildman–Crippen MR) is 57.9 cm³/mol. The van der Waals surface area contributed by atoms with Crippen molar-refractivity contribution in [1.29, 1.82) is 0 Å². The van der Waals surface area contributed by atoms with Crippen molar-refractivity contribution in [2.45, 2.75) is 5.88 Å². The molecule has 1 nitrogen and oxygen atoms in total. The largest absolute Gasteiger partial charge is 0.487 e. The summed E-state index contributed by atoms with van der Waals surface area (Å²) in [6, 6.07) is 4.85. The monoisotopic (exact) mass is 230 g/mol. The maximum absolute atomic E-state index is 13.4. The fraction of sp³-hybridized carbons (Fsp3) is 0.200. The van der Waals surface area contributed by atoms with Crippen LogP contribution < -0.4 is 4.74 Å². The molecule has 1 aromatic heterocycles. The van der Waals surface area contributed by atoms with E-state index in [0.29, 0.717) is 16.3 Å². The van der Waals surface area contributed by atoms with Crippen molar-refractivity contribution in [2.75, 3.05) is 7.11 Å². The van der Waals surface area contributed by atoms with Gasteiger partial charge in [-0.2, -0.15) is 0 Å². The fourth-order valence-corrected chi connectivity index (χ4v) is 2.63. The van der Waals surface area contributed by atoms with Crippen LogP contribution in [0.2, 0.25) is 0 Å². The van der Waals surface area contributed by atoms with Gasteiger partial charge in [-0.1, -0.05) is 17.4 Å². The van der Waals surface area contributed by atoms with Crippen LogP contribution >= 0.6 is 22.9 Å². The standard InChI is InChI=1S/C10H8ClFOS/c1-13-9-4-7-8(12)3-2-6(5-11)10(7)14-9/h2-4H,5H2,1H3. The zero-order valence-corrected chi connectivity index (χ0v) is 9.08. The van der Waals surface area contributed by atoms with E-state index < -0.39 is 0 Å². The second-order valence-electron chi connectivity index (χ2n) is 2.85. The van der Waals surface area contributed by atoms with Gasteiger partial charge in [-0.25, -0.2) is 4.39 Å². The molecular formula is C10H8ClFOS. The zero-order valence-electron chi connectivity index (χ0n) is 7.51. The van der Waals surface area contributed by atoms with Gasteiger partial charge in [0.25, 0.3) is 0 Å². The van der Waals surface area contributed by atoms with Gasteiger partial charge in [0.15, 0.2) is 5.06 Å². The highest BCUT2D eigenvalue weighted by molar-refractivity contribution is 7.21. The molecule has 0 radical (unpaired) electrons. The SMILES string of the molecule is COc1cc2c(F)ccc(CCl)c2s1. The fourth-order valence-electron chi connectivity index (χ4n) is 1.33. The van der Waals surface area contributed by atoms with Gasteiger partial charge in [-0.05, 0) is 11.6 Å². The third kappa shape index (κ3) is 1.47. The maximum Gasteiger partial charge on any atom is 0.174 e. The van der Waals surface area contributed by atoms with E-state index >= 15 is 0 Å². The summed E-state index contributed by atoms with van der Waals surface area (Å²) in [7, 11) is 1.57. The normalized spacial score (nSPS) is 10.8. The molecule has 0 aliphatic carbocycles. The quantitative estimate of drug-likeness (QED) is 0.714. The predicted octanol–water partition coefficient (Wildman–Crippen LogP) is 3.79. The van der Waals surface area contributed by atoms with Crippen LogP contribution in [0.4, 0.5) is 4.39 Å². The number of hydrogen-bond acceptors (Lipinski definition) is 2. The lowest BCUT2D eigenvalue weighted by atomic mass is 10.2. The summed E-state index contributed by atoms with van der Waals surface area (Å²) in [6.45, 7) is 0. The van der Waals surface area contributed by atoms with Crippen molar-refractivity contribution in [1.82, 2.24) is 0 Å². The van der Waals surface area contributed by atoms with Crippen LogP contribution in [0.25, 0.3) is 10.1 Å². The van der Waals surface area contributed by atoms with E-state index in [9.17, 15) is 4.39 Å². The molecule has 2 aromatic rings. The van der Waals surface area contributed by atoms with Crippen molar-refractivity contribution < 1.29 is 9.13 Å². The van der Waals surface area contributed by atoms with Crippen LogP contribution in [0.5, 0.6) is 5.06 Å². The van der Waals surface area contributed by atoms with Crippen LogP contribution in [0.1, 0.15) is 5.56 Å². The van der Waals surface area contributed by atoms with Gasteiger partial charge in [0, 0.05) is 22.0 Å². The molecule has 0 unspecified atom stereocenters. The van der Waals surface area contributed by atoms with E-state index in [-0.39, 0.29) is 5.82 Å².